The summed E-state index contributed by atoms with van der Waals surface area (Å²) in [7, 11) is 0. The van der Waals surface area contributed by atoms with Crippen LogP contribution >= 0.6 is 11.3 Å². The molecule has 6 heteroatoms. The molecule has 2 amide bonds. The predicted octanol–water partition coefficient (Wildman–Crippen LogP) is 3.40. The van der Waals surface area contributed by atoms with Gasteiger partial charge in [-0.1, -0.05) is 6.07 Å². The maximum atomic E-state index is 11.7. The van der Waals surface area contributed by atoms with Crippen LogP contribution in [0.15, 0.2) is 35.0 Å². The van der Waals surface area contributed by atoms with Gasteiger partial charge in [-0.15, -0.1) is 0 Å². The molecule has 1 aromatic carbocycles. The highest BCUT2D eigenvalue weighted by molar-refractivity contribution is 7.08. The van der Waals surface area contributed by atoms with E-state index in [-0.39, 0.29) is 5.56 Å². The standard InChI is InChI=1S/C13H12N2O3S/c1-8-2-3-9(12(16)17)6-11(8)15-13(18)14-10-4-5-19-7-10/h2-7H,1H3,(H,16,17)(H2,14,15,18). The van der Waals surface area contributed by atoms with Gasteiger partial charge in [0.05, 0.1) is 11.3 Å². The van der Waals surface area contributed by atoms with Crippen LogP contribution in [0.1, 0.15) is 15.9 Å². The van der Waals surface area contributed by atoms with Gasteiger partial charge >= 0.3 is 12.0 Å². The van der Waals surface area contributed by atoms with Crippen molar-refractivity contribution in [2.75, 3.05) is 10.6 Å². The Balaban J connectivity index is 2.11. The summed E-state index contributed by atoms with van der Waals surface area (Å²) >= 11 is 1.48. The first-order valence-electron chi connectivity index (χ1n) is 5.50. The second kappa shape index (κ2) is 5.53. The SMILES string of the molecule is Cc1ccc(C(=O)O)cc1NC(=O)Nc1ccsc1. The first-order chi connectivity index (χ1) is 9.06. The van der Waals surface area contributed by atoms with Crippen molar-refractivity contribution in [3.05, 3.63) is 46.2 Å². The van der Waals surface area contributed by atoms with Crippen molar-refractivity contribution < 1.29 is 14.7 Å². The maximum Gasteiger partial charge on any atom is 0.335 e. The number of aryl methyl sites for hydroxylation is 1. The van der Waals surface area contributed by atoms with Crippen LogP contribution in [0, 0.1) is 6.92 Å². The van der Waals surface area contributed by atoms with Gasteiger partial charge in [-0.3, -0.25) is 0 Å². The lowest BCUT2D eigenvalue weighted by atomic mass is 10.1. The van der Waals surface area contributed by atoms with Crippen molar-refractivity contribution in [1.29, 1.82) is 0 Å². The van der Waals surface area contributed by atoms with E-state index in [1.54, 1.807) is 24.4 Å². The number of carboxylic acid groups (broad SMARTS) is 1. The van der Waals surface area contributed by atoms with Crippen LogP contribution in [-0.2, 0) is 0 Å². The van der Waals surface area contributed by atoms with Gasteiger partial charge in [-0.05, 0) is 36.1 Å². The summed E-state index contributed by atoms with van der Waals surface area (Å²) in [5.74, 6) is -1.03. The van der Waals surface area contributed by atoms with Crippen molar-refractivity contribution in [3.8, 4) is 0 Å². The molecular formula is C13H12N2O3S. The molecule has 1 heterocycles. The smallest absolute Gasteiger partial charge is 0.335 e. The van der Waals surface area contributed by atoms with E-state index in [2.05, 4.69) is 10.6 Å². The van der Waals surface area contributed by atoms with Crippen LogP contribution in [0.5, 0.6) is 0 Å². The minimum Gasteiger partial charge on any atom is -0.478 e. The number of nitrogens with one attached hydrogen (secondary N) is 2. The second-order valence-corrected chi connectivity index (χ2v) is 4.71. The number of carbonyl (C=O) groups excluding carboxylic acids is 1. The average molecular weight is 276 g/mol. The molecule has 0 saturated heterocycles. The molecule has 0 saturated carbocycles. The highest BCUT2D eigenvalue weighted by Gasteiger charge is 2.09. The fourth-order valence-electron chi connectivity index (χ4n) is 1.51. The maximum absolute atomic E-state index is 11.7. The Morgan fingerprint density at radius 3 is 2.63 bits per heavy atom. The monoisotopic (exact) mass is 276 g/mol. The minimum atomic E-state index is -1.03. The van der Waals surface area contributed by atoms with Gasteiger partial charge in [-0.2, -0.15) is 11.3 Å². The zero-order valence-corrected chi connectivity index (χ0v) is 11.0. The lowest BCUT2D eigenvalue weighted by Crippen LogP contribution is -2.19. The third-order valence-corrected chi connectivity index (χ3v) is 3.19. The van der Waals surface area contributed by atoms with Crippen LogP contribution in [0.2, 0.25) is 0 Å². The average Bonchev–Trinajstić information content (AvgIpc) is 2.84. The highest BCUT2D eigenvalue weighted by atomic mass is 32.1. The molecule has 0 fully saturated rings. The third kappa shape index (κ3) is 3.32. The molecule has 0 radical (unpaired) electrons. The van der Waals surface area contributed by atoms with Crippen LogP contribution in [0.25, 0.3) is 0 Å². The molecule has 5 nitrogen and oxygen atoms in total. The largest absolute Gasteiger partial charge is 0.478 e. The van der Waals surface area contributed by atoms with Crippen molar-refractivity contribution in [3.63, 3.8) is 0 Å². The van der Waals surface area contributed by atoms with Gasteiger partial charge in [-0.25, -0.2) is 9.59 Å². The molecule has 0 spiro atoms. The molecule has 19 heavy (non-hydrogen) atoms. The number of benzene rings is 1. The van der Waals surface area contributed by atoms with E-state index >= 15 is 0 Å². The molecule has 3 N–H and O–H groups in total. The number of hydrogen-bond donors (Lipinski definition) is 3. The summed E-state index contributed by atoms with van der Waals surface area (Å²) in [4.78, 5) is 22.6. The normalized spacial score (nSPS) is 9.95. The van der Waals surface area contributed by atoms with Crippen molar-refractivity contribution in [2.45, 2.75) is 6.92 Å². The topological polar surface area (TPSA) is 78.4 Å². The Bertz CT molecular complexity index is 608. The van der Waals surface area contributed by atoms with Gasteiger partial charge in [0, 0.05) is 11.1 Å². The Kier molecular flexibility index (Phi) is 3.82. The molecule has 1 aromatic heterocycles. The van der Waals surface area contributed by atoms with Crippen LogP contribution in [0.4, 0.5) is 16.2 Å². The Hall–Kier alpha value is -2.34. The Morgan fingerprint density at radius 1 is 1.21 bits per heavy atom. The Labute approximate surface area is 113 Å². The number of aromatic carboxylic acids is 1. The first-order valence-corrected chi connectivity index (χ1v) is 6.44. The number of carboxylic acids is 1. The summed E-state index contributed by atoms with van der Waals surface area (Å²) in [6.45, 7) is 1.80. The van der Waals surface area contributed by atoms with Gasteiger partial charge in [0.2, 0.25) is 0 Å². The van der Waals surface area contributed by atoms with E-state index in [0.717, 1.165) is 5.56 Å². The summed E-state index contributed by atoms with van der Waals surface area (Å²) < 4.78 is 0. The highest BCUT2D eigenvalue weighted by Crippen LogP contribution is 2.18. The van der Waals surface area contributed by atoms with Crippen molar-refractivity contribution in [1.82, 2.24) is 0 Å². The van der Waals surface area contributed by atoms with E-state index in [9.17, 15) is 9.59 Å². The molecule has 2 aromatic rings. The summed E-state index contributed by atoms with van der Waals surface area (Å²) in [5.41, 5.74) is 2.11. The van der Waals surface area contributed by atoms with E-state index in [1.807, 2.05) is 5.38 Å². The number of thiophene rings is 1. The Morgan fingerprint density at radius 2 is 2.00 bits per heavy atom. The molecule has 0 atom stereocenters. The molecular weight excluding hydrogens is 264 g/mol. The molecule has 98 valence electrons. The number of amides is 2. The summed E-state index contributed by atoms with van der Waals surface area (Å²) in [5, 5.41) is 17.9. The van der Waals surface area contributed by atoms with Crippen LogP contribution in [0.3, 0.4) is 0 Å². The summed E-state index contributed by atoms with van der Waals surface area (Å²) in [6.07, 6.45) is 0. The molecule has 0 aliphatic carbocycles. The molecule has 0 aliphatic rings. The lowest BCUT2D eigenvalue weighted by molar-refractivity contribution is 0.0697. The van der Waals surface area contributed by atoms with E-state index in [4.69, 9.17) is 5.11 Å². The van der Waals surface area contributed by atoms with Gasteiger partial charge in [0.25, 0.3) is 0 Å². The van der Waals surface area contributed by atoms with Gasteiger partial charge in [0.15, 0.2) is 0 Å². The second-order valence-electron chi connectivity index (χ2n) is 3.93. The number of urea groups is 1. The van der Waals surface area contributed by atoms with Crippen LogP contribution < -0.4 is 10.6 Å². The van der Waals surface area contributed by atoms with Gasteiger partial charge < -0.3 is 15.7 Å². The minimum absolute atomic E-state index is 0.136. The number of carbonyl (C=O) groups is 2. The molecule has 2 rings (SSSR count). The third-order valence-electron chi connectivity index (χ3n) is 2.51. The fraction of sp³-hybridized carbons (Fsp3) is 0.0769. The quantitative estimate of drug-likeness (QED) is 0.804. The van der Waals surface area contributed by atoms with E-state index in [1.165, 1.54) is 23.5 Å². The predicted molar refractivity (Wildman–Crippen MR) is 75.1 cm³/mol. The lowest BCUT2D eigenvalue weighted by Gasteiger charge is -2.09. The number of rotatable bonds is 3. The van der Waals surface area contributed by atoms with Crippen molar-refractivity contribution >= 4 is 34.7 Å². The fourth-order valence-corrected chi connectivity index (χ4v) is 2.10. The van der Waals surface area contributed by atoms with Crippen LogP contribution in [-0.4, -0.2) is 17.1 Å². The zero-order valence-electron chi connectivity index (χ0n) is 10.1. The number of anilines is 2. The van der Waals surface area contributed by atoms with Gasteiger partial charge in [0.1, 0.15) is 0 Å². The molecule has 0 unspecified atom stereocenters. The van der Waals surface area contributed by atoms with E-state index < -0.39 is 12.0 Å². The van der Waals surface area contributed by atoms with E-state index in [0.29, 0.717) is 11.4 Å². The molecule has 0 aliphatic heterocycles. The van der Waals surface area contributed by atoms with Crippen molar-refractivity contribution in [2.24, 2.45) is 0 Å². The number of hydrogen-bond acceptors (Lipinski definition) is 3. The first kappa shape index (κ1) is 13.1. The zero-order chi connectivity index (χ0) is 13.8. The summed E-state index contributed by atoms with van der Waals surface area (Å²) in [6, 6.07) is 5.97. The molecule has 0 bridgehead atoms.